The first kappa shape index (κ1) is 8.32. The molecular formula is C11H13. The lowest BCUT2D eigenvalue weighted by Crippen LogP contribution is -1.93. The predicted octanol–water partition coefficient (Wildman–Crippen LogP) is 2.86. The lowest BCUT2D eigenvalue weighted by Gasteiger charge is -2.10. The first-order valence-electron chi connectivity index (χ1n) is 3.83. The van der Waals surface area contributed by atoms with Crippen molar-refractivity contribution in [1.29, 1.82) is 0 Å². The van der Waals surface area contributed by atoms with E-state index in [0.717, 1.165) is 11.1 Å². The van der Waals surface area contributed by atoms with Gasteiger partial charge in [-0.3, -0.25) is 0 Å². The van der Waals surface area contributed by atoms with E-state index in [2.05, 4.69) is 19.9 Å². The van der Waals surface area contributed by atoms with Crippen molar-refractivity contribution in [3.8, 4) is 0 Å². The topological polar surface area (TPSA) is 0 Å². The van der Waals surface area contributed by atoms with Crippen molar-refractivity contribution >= 4 is 0 Å². The zero-order valence-electron chi connectivity index (χ0n) is 7.58. The van der Waals surface area contributed by atoms with Crippen LogP contribution in [0.1, 0.15) is 27.8 Å². The first-order chi connectivity index (χ1) is 5.04. The Bertz CT molecular complexity index is 256. The number of aryl methyl sites for hydroxylation is 2. The molecule has 11 heavy (non-hydrogen) atoms. The molecule has 3 radical (unpaired) electrons. The molecule has 0 nitrogen and oxygen atoms in total. The van der Waals surface area contributed by atoms with Crippen molar-refractivity contribution in [1.82, 2.24) is 0 Å². The van der Waals surface area contributed by atoms with Gasteiger partial charge in [0.15, 0.2) is 0 Å². The molecule has 0 bridgehead atoms. The van der Waals surface area contributed by atoms with Gasteiger partial charge >= 0.3 is 0 Å². The van der Waals surface area contributed by atoms with Crippen LogP contribution in [0.15, 0.2) is 6.07 Å². The summed E-state index contributed by atoms with van der Waals surface area (Å²) in [4.78, 5) is 0. The Morgan fingerprint density at radius 1 is 0.909 bits per heavy atom. The first-order valence-corrected chi connectivity index (χ1v) is 3.83. The Labute approximate surface area is 69.3 Å². The minimum atomic E-state index is 0.697. The molecule has 0 unspecified atom stereocenters. The van der Waals surface area contributed by atoms with Crippen LogP contribution in [0, 0.1) is 34.6 Å². The quantitative estimate of drug-likeness (QED) is 0.526. The SMILES string of the molecule is [C]c1c(C)c(C)cc(C)c1C. The second-order valence-electron chi connectivity index (χ2n) is 3.14. The summed E-state index contributed by atoms with van der Waals surface area (Å²) in [6.07, 6.45) is 0. The largest absolute Gasteiger partial charge is 0.0558 e. The molecule has 0 heterocycles. The van der Waals surface area contributed by atoms with Crippen molar-refractivity contribution < 1.29 is 0 Å². The standard InChI is InChI=1S/C11H13/c1-7-6-8(2)10(4)11(5)9(7)3/h6H,1-4H3. The average molecular weight is 145 g/mol. The lowest BCUT2D eigenvalue weighted by molar-refractivity contribution is 1.21. The highest BCUT2D eigenvalue weighted by Crippen LogP contribution is 2.19. The normalized spacial score (nSPS) is 10.3. The molecule has 0 atom stereocenters. The molecule has 57 valence electrons. The Morgan fingerprint density at radius 2 is 1.27 bits per heavy atom. The second-order valence-corrected chi connectivity index (χ2v) is 3.14. The third kappa shape index (κ3) is 1.30. The van der Waals surface area contributed by atoms with Gasteiger partial charge in [-0.1, -0.05) is 6.07 Å². The van der Waals surface area contributed by atoms with Crippen LogP contribution in [0.2, 0.25) is 0 Å². The van der Waals surface area contributed by atoms with Gasteiger partial charge < -0.3 is 0 Å². The van der Waals surface area contributed by atoms with E-state index in [9.17, 15) is 0 Å². The van der Waals surface area contributed by atoms with Gasteiger partial charge in [0.1, 0.15) is 0 Å². The molecule has 1 rings (SSSR count). The minimum Gasteiger partial charge on any atom is -0.0558 e. The van der Waals surface area contributed by atoms with Gasteiger partial charge in [-0.05, 0) is 55.5 Å². The summed E-state index contributed by atoms with van der Waals surface area (Å²) in [7, 11) is 0. The number of rotatable bonds is 0. The maximum Gasteiger partial charge on any atom is 0.0305 e. The number of benzene rings is 1. The van der Waals surface area contributed by atoms with E-state index < -0.39 is 0 Å². The van der Waals surface area contributed by atoms with Crippen LogP contribution in [-0.4, -0.2) is 0 Å². The van der Waals surface area contributed by atoms with E-state index in [1.165, 1.54) is 11.1 Å². The molecule has 0 saturated carbocycles. The van der Waals surface area contributed by atoms with E-state index in [1.54, 1.807) is 0 Å². The predicted molar refractivity (Wildman–Crippen MR) is 47.7 cm³/mol. The summed E-state index contributed by atoms with van der Waals surface area (Å²) in [5, 5.41) is 0. The van der Waals surface area contributed by atoms with Crippen LogP contribution < -0.4 is 0 Å². The lowest BCUT2D eigenvalue weighted by atomic mass is 9.96. The highest BCUT2D eigenvalue weighted by atomic mass is 14.1. The molecular weight excluding hydrogens is 132 g/mol. The zero-order valence-corrected chi connectivity index (χ0v) is 7.58. The van der Waals surface area contributed by atoms with Crippen LogP contribution in [0.25, 0.3) is 0 Å². The van der Waals surface area contributed by atoms with Crippen LogP contribution in [0.4, 0.5) is 0 Å². The summed E-state index contributed by atoms with van der Waals surface area (Å²) in [5.74, 6) is 0. The monoisotopic (exact) mass is 145 g/mol. The van der Waals surface area contributed by atoms with Gasteiger partial charge in [0.2, 0.25) is 0 Å². The van der Waals surface area contributed by atoms with Gasteiger partial charge in [0, 0.05) is 6.92 Å². The number of hydrogen-bond acceptors (Lipinski definition) is 0. The molecule has 0 N–H and O–H groups in total. The molecule has 0 aliphatic rings. The molecule has 1 aromatic carbocycles. The Balaban J connectivity index is 3.46. The third-order valence-corrected chi connectivity index (χ3v) is 2.37. The summed E-state index contributed by atoms with van der Waals surface area (Å²) in [5.41, 5.74) is 5.35. The average Bonchev–Trinajstić information content (AvgIpc) is 1.97. The fourth-order valence-corrected chi connectivity index (χ4v) is 1.22. The molecule has 0 saturated heterocycles. The Hall–Kier alpha value is -0.780. The van der Waals surface area contributed by atoms with Crippen molar-refractivity contribution in [2.45, 2.75) is 27.7 Å². The smallest absolute Gasteiger partial charge is 0.0305 e. The fraction of sp³-hybridized carbons (Fsp3) is 0.364. The van der Waals surface area contributed by atoms with Crippen molar-refractivity contribution in [3.05, 3.63) is 40.8 Å². The van der Waals surface area contributed by atoms with E-state index in [-0.39, 0.29) is 0 Å². The van der Waals surface area contributed by atoms with Gasteiger partial charge in [0.05, 0.1) is 0 Å². The van der Waals surface area contributed by atoms with Crippen LogP contribution >= 0.6 is 0 Å². The zero-order chi connectivity index (χ0) is 8.59. The molecule has 0 amide bonds. The van der Waals surface area contributed by atoms with Gasteiger partial charge in [-0.25, -0.2) is 0 Å². The summed E-state index contributed by atoms with van der Waals surface area (Å²) < 4.78 is 0. The van der Waals surface area contributed by atoms with Crippen LogP contribution in [0.5, 0.6) is 0 Å². The molecule has 0 aliphatic carbocycles. The highest BCUT2D eigenvalue weighted by molar-refractivity contribution is 5.45. The van der Waals surface area contributed by atoms with Gasteiger partial charge in [-0.2, -0.15) is 0 Å². The van der Waals surface area contributed by atoms with Crippen LogP contribution in [-0.2, 0) is 0 Å². The maximum absolute atomic E-state index is 7.73. The second kappa shape index (κ2) is 2.69. The Kier molecular flexibility index (Phi) is 2.03. The fourth-order valence-electron chi connectivity index (χ4n) is 1.22. The number of hydrogen-bond donors (Lipinski definition) is 0. The third-order valence-electron chi connectivity index (χ3n) is 2.37. The summed E-state index contributed by atoms with van der Waals surface area (Å²) >= 11 is 0. The summed E-state index contributed by atoms with van der Waals surface area (Å²) in [6, 6.07) is 2.14. The van der Waals surface area contributed by atoms with Gasteiger partial charge in [-0.15, -0.1) is 0 Å². The molecule has 0 fully saturated rings. The van der Waals surface area contributed by atoms with E-state index in [0.29, 0.717) is 5.56 Å². The molecule has 0 spiro atoms. The Morgan fingerprint density at radius 3 is 1.64 bits per heavy atom. The van der Waals surface area contributed by atoms with Crippen molar-refractivity contribution in [2.24, 2.45) is 0 Å². The molecule has 0 aliphatic heterocycles. The molecule has 1 aromatic rings. The molecule has 0 aromatic heterocycles. The summed E-state index contributed by atoms with van der Waals surface area (Å²) in [6.45, 7) is 15.8. The van der Waals surface area contributed by atoms with Crippen LogP contribution in [0.3, 0.4) is 0 Å². The highest BCUT2D eigenvalue weighted by Gasteiger charge is 2.02. The van der Waals surface area contributed by atoms with E-state index in [4.69, 9.17) is 6.92 Å². The van der Waals surface area contributed by atoms with E-state index in [1.807, 2.05) is 13.8 Å². The van der Waals surface area contributed by atoms with Crippen molar-refractivity contribution in [3.63, 3.8) is 0 Å². The van der Waals surface area contributed by atoms with Gasteiger partial charge in [0.25, 0.3) is 0 Å². The minimum absolute atomic E-state index is 0.697. The maximum atomic E-state index is 7.73. The van der Waals surface area contributed by atoms with Crippen molar-refractivity contribution in [2.75, 3.05) is 0 Å². The molecule has 0 heteroatoms. The van der Waals surface area contributed by atoms with E-state index >= 15 is 0 Å².